The number of hydrogen-bond acceptors (Lipinski definition) is 5. The van der Waals surface area contributed by atoms with Crippen LogP contribution in [0.5, 0.6) is 0 Å². The Morgan fingerprint density at radius 2 is 2.00 bits per heavy atom. The average Bonchev–Trinajstić information content (AvgIpc) is 2.47. The van der Waals surface area contributed by atoms with Gasteiger partial charge in [-0.3, -0.25) is 0 Å². The second-order valence-electron chi connectivity index (χ2n) is 4.38. The van der Waals surface area contributed by atoms with Gasteiger partial charge in [0.15, 0.2) is 5.03 Å². The molecular formula is C13H24N4O2S. The van der Waals surface area contributed by atoms with Crippen LogP contribution < -0.4 is 10.0 Å². The molecule has 0 aliphatic carbocycles. The molecule has 1 aromatic heterocycles. The van der Waals surface area contributed by atoms with Gasteiger partial charge in [-0.1, -0.05) is 13.8 Å². The summed E-state index contributed by atoms with van der Waals surface area (Å²) in [5.41, 5.74) is 0.503. The van der Waals surface area contributed by atoms with Crippen LogP contribution in [0.25, 0.3) is 0 Å². The SMILES string of the molecule is CCN(CC)CCCNS(=O)(=O)c1ncccc1NC. The summed E-state index contributed by atoms with van der Waals surface area (Å²) >= 11 is 0. The van der Waals surface area contributed by atoms with Crippen molar-refractivity contribution in [3.63, 3.8) is 0 Å². The summed E-state index contributed by atoms with van der Waals surface area (Å²) in [6, 6.07) is 3.39. The third-order valence-electron chi connectivity index (χ3n) is 3.13. The van der Waals surface area contributed by atoms with E-state index in [2.05, 4.69) is 33.8 Å². The molecule has 0 bridgehead atoms. The molecule has 0 aliphatic heterocycles. The number of hydrogen-bond donors (Lipinski definition) is 2. The number of anilines is 1. The molecule has 1 aromatic rings. The van der Waals surface area contributed by atoms with E-state index in [1.165, 1.54) is 6.20 Å². The minimum absolute atomic E-state index is 0.0466. The topological polar surface area (TPSA) is 74.3 Å². The Bertz CT molecular complexity index is 501. The van der Waals surface area contributed by atoms with Crippen LogP contribution in [0.2, 0.25) is 0 Å². The third-order valence-corrected chi connectivity index (χ3v) is 4.55. The van der Waals surface area contributed by atoms with Crippen molar-refractivity contribution in [2.24, 2.45) is 0 Å². The van der Waals surface area contributed by atoms with Crippen LogP contribution in [0.15, 0.2) is 23.4 Å². The van der Waals surface area contributed by atoms with Crippen molar-refractivity contribution >= 4 is 15.7 Å². The van der Waals surface area contributed by atoms with Crippen molar-refractivity contribution in [2.45, 2.75) is 25.3 Å². The Morgan fingerprint density at radius 3 is 2.60 bits per heavy atom. The van der Waals surface area contributed by atoms with Crippen LogP contribution in [-0.2, 0) is 10.0 Å². The van der Waals surface area contributed by atoms with Crippen LogP contribution in [-0.4, -0.2) is 51.5 Å². The highest BCUT2D eigenvalue weighted by Crippen LogP contribution is 2.16. The third kappa shape index (κ3) is 4.73. The number of sulfonamides is 1. The smallest absolute Gasteiger partial charge is 0.260 e. The molecule has 20 heavy (non-hydrogen) atoms. The van der Waals surface area contributed by atoms with Crippen LogP contribution in [0.1, 0.15) is 20.3 Å². The molecule has 114 valence electrons. The molecule has 0 fully saturated rings. The van der Waals surface area contributed by atoms with Gasteiger partial charge in [0.05, 0.1) is 5.69 Å². The Hall–Kier alpha value is -1.18. The first kappa shape index (κ1) is 16.9. The molecule has 0 aliphatic rings. The Kier molecular flexibility index (Phi) is 6.90. The molecule has 1 rings (SSSR count). The van der Waals surface area contributed by atoms with E-state index >= 15 is 0 Å². The maximum absolute atomic E-state index is 12.2. The predicted octanol–water partition coefficient (Wildman–Crippen LogP) is 1.13. The fourth-order valence-electron chi connectivity index (χ4n) is 1.91. The van der Waals surface area contributed by atoms with E-state index in [-0.39, 0.29) is 5.03 Å². The first-order valence-corrected chi connectivity index (χ1v) is 8.38. The molecule has 0 unspecified atom stereocenters. The Balaban J connectivity index is 2.58. The summed E-state index contributed by atoms with van der Waals surface area (Å²) in [7, 11) is -1.88. The summed E-state index contributed by atoms with van der Waals surface area (Å²) in [5, 5.41) is 2.89. The van der Waals surface area contributed by atoms with Crippen molar-refractivity contribution in [1.29, 1.82) is 0 Å². The molecule has 2 N–H and O–H groups in total. The van der Waals surface area contributed by atoms with Gasteiger partial charge in [-0.15, -0.1) is 0 Å². The lowest BCUT2D eigenvalue weighted by Crippen LogP contribution is -2.30. The van der Waals surface area contributed by atoms with Gasteiger partial charge in [0, 0.05) is 19.8 Å². The summed E-state index contributed by atoms with van der Waals surface area (Å²) in [6.07, 6.45) is 2.26. The van der Waals surface area contributed by atoms with E-state index in [4.69, 9.17) is 0 Å². The Labute approximate surface area is 121 Å². The normalized spacial score (nSPS) is 11.8. The predicted molar refractivity (Wildman–Crippen MR) is 81.4 cm³/mol. The van der Waals surface area contributed by atoms with Gasteiger partial charge in [-0.25, -0.2) is 18.1 Å². The first-order valence-electron chi connectivity index (χ1n) is 6.90. The van der Waals surface area contributed by atoms with Gasteiger partial charge < -0.3 is 10.2 Å². The molecule has 0 atom stereocenters. The second kappa shape index (κ2) is 8.18. The van der Waals surface area contributed by atoms with Gasteiger partial charge in [0.1, 0.15) is 0 Å². The van der Waals surface area contributed by atoms with Crippen LogP contribution in [0.4, 0.5) is 5.69 Å². The van der Waals surface area contributed by atoms with Crippen LogP contribution >= 0.6 is 0 Å². The summed E-state index contributed by atoms with van der Waals surface area (Å²) in [4.78, 5) is 6.20. The lowest BCUT2D eigenvalue weighted by Gasteiger charge is -2.17. The monoisotopic (exact) mass is 300 g/mol. The molecule has 0 saturated heterocycles. The number of rotatable bonds is 9. The fraction of sp³-hybridized carbons (Fsp3) is 0.615. The average molecular weight is 300 g/mol. The highest BCUT2D eigenvalue weighted by molar-refractivity contribution is 7.89. The van der Waals surface area contributed by atoms with E-state index < -0.39 is 10.0 Å². The van der Waals surface area contributed by atoms with Crippen molar-refractivity contribution in [1.82, 2.24) is 14.6 Å². The van der Waals surface area contributed by atoms with Crippen molar-refractivity contribution in [3.05, 3.63) is 18.3 Å². The first-order chi connectivity index (χ1) is 9.55. The largest absolute Gasteiger partial charge is 0.386 e. The van der Waals surface area contributed by atoms with Crippen molar-refractivity contribution in [3.8, 4) is 0 Å². The molecule has 7 heteroatoms. The molecular weight excluding hydrogens is 276 g/mol. The van der Waals surface area contributed by atoms with Crippen molar-refractivity contribution < 1.29 is 8.42 Å². The zero-order valence-corrected chi connectivity index (χ0v) is 13.2. The highest BCUT2D eigenvalue weighted by atomic mass is 32.2. The van der Waals surface area contributed by atoms with Gasteiger partial charge in [0.25, 0.3) is 10.0 Å². The lowest BCUT2D eigenvalue weighted by molar-refractivity contribution is 0.300. The molecule has 0 radical (unpaired) electrons. The summed E-state index contributed by atoms with van der Waals surface area (Å²) in [5.74, 6) is 0. The molecule has 0 aromatic carbocycles. The summed E-state index contributed by atoms with van der Waals surface area (Å²) in [6.45, 7) is 7.46. The highest BCUT2D eigenvalue weighted by Gasteiger charge is 2.18. The van der Waals surface area contributed by atoms with Crippen LogP contribution in [0, 0.1) is 0 Å². The fourth-order valence-corrected chi connectivity index (χ4v) is 3.12. The number of nitrogens with one attached hydrogen (secondary N) is 2. The minimum atomic E-state index is -3.56. The quantitative estimate of drug-likeness (QED) is 0.669. The van der Waals surface area contributed by atoms with E-state index in [0.717, 1.165) is 26.1 Å². The molecule has 6 nitrogen and oxygen atoms in total. The van der Waals surface area contributed by atoms with E-state index in [9.17, 15) is 8.42 Å². The second-order valence-corrected chi connectivity index (χ2v) is 6.07. The maximum atomic E-state index is 12.2. The number of nitrogens with zero attached hydrogens (tertiary/aromatic N) is 2. The van der Waals surface area contributed by atoms with Gasteiger partial charge >= 0.3 is 0 Å². The number of aromatic nitrogens is 1. The van der Waals surface area contributed by atoms with Crippen molar-refractivity contribution in [2.75, 3.05) is 38.5 Å². The minimum Gasteiger partial charge on any atom is -0.386 e. The molecule has 0 saturated carbocycles. The zero-order valence-electron chi connectivity index (χ0n) is 12.4. The molecule has 1 heterocycles. The van der Waals surface area contributed by atoms with Gasteiger partial charge in [-0.05, 0) is 38.2 Å². The van der Waals surface area contributed by atoms with E-state index in [0.29, 0.717) is 12.2 Å². The van der Waals surface area contributed by atoms with Crippen LogP contribution in [0.3, 0.4) is 0 Å². The molecule has 0 amide bonds. The maximum Gasteiger partial charge on any atom is 0.260 e. The zero-order chi connectivity index (χ0) is 15.0. The van der Waals surface area contributed by atoms with Gasteiger partial charge in [-0.2, -0.15) is 0 Å². The van der Waals surface area contributed by atoms with E-state index in [1.807, 2.05) is 0 Å². The number of pyridine rings is 1. The van der Waals surface area contributed by atoms with E-state index in [1.54, 1.807) is 19.2 Å². The van der Waals surface area contributed by atoms with Gasteiger partial charge in [0.2, 0.25) is 0 Å². The standard InChI is InChI=1S/C13H24N4O2S/c1-4-17(5-2)11-7-10-16-20(18,19)13-12(14-3)8-6-9-15-13/h6,8-9,14,16H,4-5,7,10-11H2,1-3H3. The molecule has 0 spiro atoms. The summed E-state index contributed by atoms with van der Waals surface area (Å²) < 4.78 is 26.9. The Morgan fingerprint density at radius 1 is 1.30 bits per heavy atom. The lowest BCUT2D eigenvalue weighted by atomic mass is 10.4.